The Labute approximate surface area is 124 Å². The molecule has 3 nitrogen and oxygen atoms in total. The Morgan fingerprint density at radius 2 is 1.50 bits per heavy atom. The van der Waals surface area contributed by atoms with Crippen LogP contribution in [0.25, 0.3) is 0 Å². The zero-order valence-corrected chi connectivity index (χ0v) is 13.6. The normalized spacial score (nSPS) is 39.9. The van der Waals surface area contributed by atoms with E-state index < -0.39 is 5.66 Å². The van der Waals surface area contributed by atoms with E-state index in [0.717, 1.165) is 32.4 Å². The Kier molecular flexibility index (Phi) is 5.03. The van der Waals surface area contributed by atoms with Gasteiger partial charge in [0.15, 0.2) is 5.66 Å². The molecule has 0 N–H and O–H groups in total. The van der Waals surface area contributed by atoms with E-state index in [-0.39, 0.29) is 3.42 Å². The Bertz CT molecular complexity index is 292. The molecule has 0 aromatic heterocycles. The smallest absolute Gasteiger partial charge is 0.169 e. The van der Waals surface area contributed by atoms with Gasteiger partial charge < -0.3 is 0 Å². The molecule has 2 atom stereocenters. The van der Waals surface area contributed by atoms with E-state index in [0.29, 0.717) is 0 Å². The van der Waals surface area contributed by atoms with Gasteiger partial charge in [-0.15, -0.1) is 4.91 Å². The minimum absolute atomic E-state index is 0.00965. The third-order valence-corrected chi connectivity index (χ3v) is 6.19. The van der Waals surface area contributed by atoms with Gasteiger partial charge in [-0.2, -0.15) is 0 Å². The summed E-state index contributed by atoms with van der Waals surface area (Å²) in [4.78, 5) is 14.0. The zero-order valence-electron chi connectivity index (χ0n) is 11.5. The lowest BCUT2D eigenvalue weighted by molar-refractivity contribution is 0.000517. The molecule has 1 saturated heterocycles. The summed E-state index contributed by atoms with van der Waals surface area (Å²) in [5, 5.41) is 3.70. The van der Waals surface area contributed by atoms with Crippen LogP contribution in [0.1, 0.15) is 64.7 Å². The summed E-state index contributed by atoms with van der Waals surface area (Å²) in [5.41, 5.74) is -0.441. The first-order valence-corrected chi connectivity index (χ1v) is 8.49. The predicted octanol–water partition coefficient (Wildman–Crippen LogP) is 4.48. The number of rotatable bonds is 2. The molecule has 0 aromatic rings. The molecule has 0 bridgehead atoms. The Morgan fingerprint density at radius 1 is 0.944 bits per heavy atom. The molecule has 104 valence electrons. The van der Waals surface area contributed by atoms with Crippen molar-refractivity contribution in [3.8, 4) is 0 Å². The van der Waals surface area contributed by atoms with Crippen molar-refractivity contribution in [3.63, 3.8) is 0 Å². The van der Waals surface area contributed by atoms with Gasteiger partial charge in [-0.05, 0) is 37.8 Å². The molecule has 2 fully saturated rings. The standard InChI is InChI=1S/C14H25IN2O/c1-13(15)9-6-4-2-3-5-7-10-14(13,16-18)17-11-8-12-17/h2-12H2,1H3. The van der Waals surface area contributed by atoms with Crippen molar-refractivity contribution in [2.45, 2.75) is 73.8 Å². The van der Waals surface area contributed by atoms with Gasteiger partial charge in [-0.1, -0.05) is 54.7 Å². The molecule has 0 radical (unpaired) electrons. The number of likely N-dealkylation sites (tertiary alicyclic amines) is 1. The van der Waals surface area contributed by atoms with Crippen LogP contribution in [0, 0.1) is 4.91 Å². The van der Waals surface area contributed by atoms with Gasteiger partial charge >= 0.3 is 0 Å². The summed E-state index contributed by atoms with van der Waals surface area (Å²) >= 11 is 2.51. The molecule has 2 unspecified atom stereocenters. The maximum Gasteiger partial charge on any atom is 0.169 e. The van der Waals surface area contributed by atoms with Crippen LogP contribution in [-0.2, 0) is 0 Å². The lowest BCUT2D eigenvalue weighted by Crippen LogP contribution is -2.63. The van der Waals surface area contributed by atoms with Crippen LogP contribution < -0.4 is 0 Å². The summed E-state index contributed by atoms with van der Waals surface area (Å²) in [6.07, 6.45) is 11.0. The molecule has 2 rings (SSSR count). The van der Waals surface area contributed by atoms with Crippen molar-refractivity contribution in [3.05, 3.63) is 4.91 Å². The minimum atomic E-state index is -0.441. The molecule has 18 heavy (non-hydrogen) atoms. The lowest BCUT2D eigenvalue weighted by Gasteiger charge is -2.51. The van der Waals surface area contributed by atoms with Crippen LogP contribution >= 0.6 is 22.6 Å². The van der Waals surface area contributed by atoms with Gasteiger partial charge in [-0.3, -0.25) is 4.90 Å². The number of hydrogen-bond donors (Lipinski definition) is 0. The van der Waals surface area contributed by atoms with Gasteiger partial charge in [0, 0.05) is 13.1 Å². The molecule has 0 spiro atoms. The van der Waals surface area contributed by atoms with Crippen molar-refractivity contribution in [2.75, 3.05) is 13.1 Å². The van der Waals surface area contributed by atoms with Crippen molar-refractivity contribution < 1.29 is 0 Å². The van der Waals surface area contributed by atoms with Gasteiger partial charge in [-0.25, -0.2) is 0 Å². The third kappa shape index (κ3) is 2.74. The number of nitrogens with zero attached hydrogens (tertiary/aromatic N) is 2. The monoisotopic (exact) mass is 364 g/mol. The largest absolute Gasteiger partial charge is 0.275 e. The van der Waals surface area contributed by atoms with Crippen LogP contribution in [0.5, 0.6) is 0 Å². The molecule has 0 amide bonds. The maximum absolute atomic E-state index is 11.7. The van der Waals surface area contributed by atoms with Crippen LogP contribution in [-0.4, -0.2) is 27.1 Å². The highest BCUT2D eigenvalue weighted by Crippen LogP contribution is 2.47. The van der Waals surface area contributed by atoms with Gasteiger partial charge in [0.1, 0.15) is 0 Å². The van der Waals surface area contributed by atoms with Crippen LogP contribution in [0.2, 0.25) is 0 Å². The fourth-order valence-electron chi connectivity index (χ4n) is 3.37. The summed E-state index contributed by atoms with van der Waals surface area (Å²) in [5.74, 6) is 0. The van der Waals surface area contributed by atoms with E-state index in [1.807, 2.05) is 0 Å². The van der Waals surface area contributed by atoms with Gasteiger partial charge in [0.05, 0.1) is 3.42 Å². The van der Waals surface area contributed by atoms with E-state index >= 15 is 0 Å². The predicted molar refractivity (Wildman–Crippen MR) is 84.1 cm³/mol. The summed E-state index contributed by atoms with van der Waals surface area (Å²) in [6, 6.07) is 0. The van der Waals surface area contributed by atoms with Crippen molar-refractivity contribution in [1.82, 2.24) is 4.90 Å². The van der Waals surface area contributed by atoms with E-state index in [2.05, 4.69) is 39.6 Å². The van der Waals surface area contributed by atoms with E-state index in [9.17, 15) is 4.91 Å². The quantitative estimate of drug-likeness (QED) is 0.411. The van der Waals surface area contributed by atoms with Crippen LogP contribution in [0.4, 0.5) is 0 Å². The van der Waals surface area contributed by atoms with Crippen molar-refractivity contribution in [1.29, 1.82) is 0 Å². The van der Waals surface area contributed by atoms with E-state index in [1.54, 1.807) is 0 Å². The van der Waals surface area contributed by atoms with E-state index in [4.69, 9.17) is 0 Å². The second kappa shape index (κ2) is 6.16. The molecule has 1 aliphatic heterocycles. The molecule has 0 aromatic carbocycles. The van der Waals surface area contributed by atoms with Crippen LogP contribution in [0.15, 0.2) is 5.18 Å². The molecule has 2 aliphatic rings. The van der Waals surface area contributed by atoms with Crippen molar-refractivity contribution in [2.24, 2.45) is 5.18 Å². The average molecular weight is 364 g/mol. The first-order valence-electron chi connectivity index (χ1n) is 7.41. The van der Waals surface area contributed by atoms with E-state index in [1.165, 1.54) is 38.5 Å². The third-order valence-electron chi connectivity index (χ3n) is 4.79. The lowest BCUT2D eigenvalue weighted by atomic mass is 9.81. The SMILES string of the molecule is CC1(I)CCCCCCCCC1(N=O)N1CCC1. The highest BCUT2D eigenvalue weighted by molar-refractivity contribution is 14.1. The van der Waals surface area contributed by atoms with Gasteiger partial charge in [0.2, 0.25) is 0 Å². The minimum Gasteiger partial charge on any atom is -0.275 e. The summed E-state index contributed by atoms with van der Waals surface area (Å²) < 4.78 is -0.00965. The zero-order chi connectivity index (χ0) is 13.1. The summed E-state index contributed by atoms with van der Waals surface area (Å²) in [6.45, 7) is 4.36. The molecule has 1 aliphatic carbocycles. The molecular formula is C14H25IN2O. The Morgan fingerprint density at radius 3 is 2.00 bits per heavy atom. The second-order valence-corrected chi connectivity index (χ2v) is 8.45. The summed E-state index contributed by atoms with van der Waals surface area (Å²) in [7, 11) is 0. The fourth-order valence-corrected chi connectivity index (χ4v) is 4.46. The first-order chi connectivity index (χ1) is 8.62. The topological polar surface area (TPSA) is 32.7 Å². The van der Waals surface area contributed by atoms with Crippen molar-refractivity contribution >= 4 is 22.6 Å². The first kappa shape index (κ1) is 14.7. The number of hydrogen-bond acceptors (Lipinski definition) is 3. The Balaban J connectivity index is 2.19. The average Bonchev–Trinajstić information content (AvgIpc) is 2.27. The molecular weight excluding hydrogens is 339 g/mol. The van der Waals surface area contributed by atoms with Crippen LogP contribution in [0.3, 0.4) is 0 Å². The fraction of sp³-hybridized carbons (Fsp3) is 1.00. The Hall–Kier alpha value is 0.290. The highest BCUT2D eigenvalue weighted by atomic mass is 127. The van der Waals surface area contributed by atoms with Gasteiger partial charge in [0.25, 0.3) is 0 Å². The molecule has 1 heterocycles. The molecule has 1 saturated carbocycles. The molecule has 4 heteroatoms. The highest BCUT2D eigenvalue weighted by Gasteiger charge is 2.53. The maximum atomic E-state index is 11.7. The number of alkyl halides is 1. The number of halogens is 1. The number of nitroso groups, excluding NO2 is 1. The second-order valence-electron chi connectivity index (χ2n) is 6.07.